The van der Waals surface area contributed by atoms with Crippen LogP contribution in [0.15, 0.2) is 42.5 Å². The Morgan fingerprint density at radius 2 is 1.71 bits per heavy atom. The number of piperidine rings is 2. The first kappa shape index (κ1) is 29.2. The molecular weight excluding hydrogens is 540 g/mol. The van der Waals surface area contributed by atoms with E-state index in [1.165, 1.54) is 6.42 Å². The SMILES string of the molecule is C[C@@H]1COc2ccccc2C(=O)NCCCCC2(CCN(C(=O)c3ccc(Cl)c(N4CCCCC4)c3)CC2)C(=O)N1. The second-order valence-corrected chi connectivity index (χ2v) is 12.1. The Hall–Kier alpha value is -3.26. The van der Waals surface area contributed by atoms with Gasteiger partial charge in [-0.15, -0.1) is 0 Å². The second-order valence-electron chi connectivity index (χ2n) is 11.7. The average molecular weight is 581 g/mol. The molecule has 3 aliphatic heterocycles. The molecule has 1 spiro atoms. The molecule has 2 saturated heterocycles. The number of nitrogens with one attached hydrogen (secondary N) is 2. The van der Waals surface area contributed by atoms with E-state index in [0.29, 0.717) is 60.8 Å². The molecule has 2 fully saturated rings. The number of rotatable bonds is 2. The van der Waals surface area contributed by atoms with Crippen LogP contribution >= 0.6 is 11.6 Å². The molecule has 220 valence electrons. The first-order valence-electron chi connectivity index (χ1n) is 15.0. The van der Waals surface area contributed by atoms with Crippen molar-refractivity contribution in [2.45, 2.75) is 64.3 Å². The van der Waals surface area contributed by atoms with Gasteiger partial charge in [-0.05, 0) is 82.2 Å². The number of hydrogen-bond donors (Lipinski definition) is 2. The Kier molecular flexibility index (Phi) is 9.38. The third kappa shape index (κ3) is 6.80. The van der Waals surface area contributed by atoms with E-state index in [1.54, 1.807) is 12.1 Å². The van der Waals surface area contributed by atoms with Gasteiger partial charge in [0.25, 0.3) is 11.8 Å². The summed E-state index contributed by atoms with van der Waals surface area (Å²) in [6.07, 6.45) is 6.98. The number of hydrogen-bond acceptors (Lipinski definition) is 5. The van der Waals surface area contributed by atoms with E-state index in [-0.39, 0.29) is 30.4 Å². The predicted molar refractivity (Wildman–Crippen MR) is 161 cm³/mol. The molecule has 2 aromatic carbocycles. The predicted octanol–water partition coefficient (Wildman–Crippen LogP) is 5.05. The van der Waals surface area contributed by atoms with Crippen molar-refractivity contribution >= 4 is 35.0 Å². The molecule has 0 aromatic heterocycles. The molecule has 0 unspecified atom stereocenters. The van der Waals surface area contributed by atoms with Crippen LogP contribution < -0.4 is 20.3 Å². The van der Waals surface area contributed by atoms with Gasteiger partial charge < -0.3 is 25.2 Å². The maximum Gasteiger partial charge on any atom is 0.255 e. The Labute approximate surface area is 247 Å². The molecule has 0 radical (unpaired) electrons. The highest BCUT2D eigenvalue weighted by atomic mass is 35.5. The number of ether oxygens (including phenoxy) is 1. The van der Waals surface area contributed by atoms with Crippen LogP contribution in [0, 0.1) is 5.41 Å². The minimum absolute atomic E-state index is 0.0146. The number of carbonyl (C=O) groups excluding carboxylic acids is 3. The van der Waals surface area contributed by atoms with E-state index >= 15 is 0 Å². The number of amides is 3. The largest absolute Gasteiger partial charge is 0.491 e. The lowest BCUT2D eigenvalue weighted by atomic mass is 9.73. The minimum Gasteiger partial charge on any atom is -0.491 e. The fourth-order valence-electron chi connectivity index (χ4n) is 6.23. The van der Waals surface area contributed by atoms with Crippen LogP contribution in [0.3, 0.4) is 0 Å². The summed E-state index contributed by atoms with van der Waals surface area (Å²) in [6, 6.07) is 12.5. The van der Waals surface area contributed by atoms with E-state index in [4.69, 9.17) is 16.3 Å². The Balaban J connectivity index is 1.26. The summed E-state index contributed by atoms with van der Waals surface area (Å²) in [7, 11) is 0. The molecule has 3 aliphatic rings. The highest BCUT2D eigenvalue weighted by molar-refractivity contribution is 6.33. The third-order valence-electron chi connectivity index (χ3n) is 8.74. The summed E-state index contributed by atoms with van der Waals surface area (Å²) in [5.74, 6) is 0.366. The number of nitrogens with zero attached hydrogens (tertiary/aromatic N) is 2. The van der Waals surface area contributed by atoms with Gasteiger partial charge in [0.05, 0.1) is 27.7 Å². The molecule has 8 nitrogen and oxygen atoms in total. The Bertz CT molecular complexity index is 1250. The summed E-state index contributed by atoms with van der Waals surface area (Å²) in [6.45, 7) is 5.65. The molecule has 3 amide bonds. The van der Waals surface area contributed by atoms with Crippen molar-refractivity contribution in [3.63, 3.8) is 0 Å². The summed E-state index contributed by atoms with van der Waals surface area (Å²) < 4.78 is 5.96. The quantitative estimate of drug-likeness (QED) is 0.519. The summed E-state index contributed by atoms with van der Waals surface area (Å²) in [5, 5.41) is 6.84. The third-order valence-corrected chi connectivity index (χ3v) is 9.06. The van der Waals surface area contributed by atoms with Crippen LogP contribution in [-0.4, -0.2) is 68.0 Å². The average Bonchev–Trinajstić information content (AvgIpc) is 3.00. The molecule has 41 heavy (non-hydrogen) atoms. The van der Waals surface area contributed by atoms with Gasteiger partial charge in [0.2, 0.25) is 5.91 Å². The number of fused-ring (bicyclic) bond motifs is 1. The molecular formula is C32H41ClN4O4. The van der Waals surface area contributed by atoms with Gasteiger partial charge in [-0.2, -0.15) is 0 Å². The molecule has 1 atom stereocenters. The summed E-state index contributed by atoms with van der Waals surface area (Å²) >= 11 is 6.53. The van der Waals surface area contributed by atoms with E-state index in [2.05, 4.69) is 15.5 Å². The van der Waals surface area contributed by atoms with Gasteiger partial charge in [-0.25, -0.2) is 0 Å². The Morgan fingerprint density at radius 3 is 2.49 bits per heavy atom. The Morgan fingerprint density at radius 1 is 0.951 bits per heavy atom. The standard InChI is InChI=1S/C32H41ClN4O4/c1-23-22-41-28-10-4-3-9-25(28)29(38)34-16-6-5-13-32(31(40)35-23)14-19-37(20-15-32)30(39)24-11-12-26(33)27(21-24)36-17-7-2-8-18-36/h3-4,9-12,21,23H,2,5-8,13-20,22H2,1H3,(H,34,38)(H,35,40)/t23-/m1/s1. The fraction of sp³-hybridized carbons (Fsp3) is 0.531. The zero-order valence-corrected chi connectivity index (χ0v) is 24.7. The van der Waals surface area contributed by atoms with Gasteiger partial charge in [0.15, 0.2) is 0 Å². The lowest BCUT2D eigenvalue weighted by molar-refractivity contribution is -0.135. The number of benzene rings is 2. The van der Waals surface area contributed by atoms with Crippen molar-refractivity contribution in [3.05, 3.63) is 58.6 Å². The first-order valence-corrected chi connectivity index (χ1v) is 15.4. The van der Waals surface area contributed by atoms with Crippen LogP contribution in [0.2, 0.25) is 5.02 Å². The van der Waals surface area contributed by atoms with Crippen LogP contribution in [-0.2, 0) is 4.79 Å². The summed E-state index contributed by atoms with van der Waals surface area (Å²) in [5.41, 5.74) is 1.52. The van der Waals surface area contributed by atoms with Gasteiger partial charge >= 0.3 is 0 Å². The van der Waals surface area contributed by atoms with Crippen LogP contribution in [0.5, 0.6) is 5.75 Å². The summed E-state index contributed by atoms with van der Waals surface area (Å²) in [4.78, 5) is 44.2. The molecule has 3 heterocycles. The maximum atomic E-state index is 13.7. The second kappa shape index (κ2) is 13.1. The van der Waals surface area contributed by atoms with Crippen LogP contribution in [0.25, 0.3) is 0 Å². The highest BCUT2D eigenvalue weighted by Gasteiger charge is 2.42. The topological polar surface area (TPSA) is 91.0 Å². The van der Waals surface area contributed by atoms with Crippen molar-refractivity contribution in [1.29, 1.82) is 0 Å². The molecule has 0 saturated carbocycles. The zero-order valence-electron chi connectivity index (χ0n) is 23.9. The van der Waals surface area contributed by atoms with Gasteiger partial charge in [0, 0.05) is 38.3 Å². The molecule has 0 bridgehead atoms. The zero-order chi connectivity index (χ0) is 28.8. The number of para-hydroxylation sites is 1. The maximum absolute atomic E-state index is 13.7. The van der Waals surface area contributed by atoms with E-state index in [0.717, 1.165) is 44.5 Å². The lowest BCUT2D eigenvalue weighted by Gasteiger charge is -2.41. The van der Waals surface area contributed by atoms with Crippen molar-refractivity contribution in [2.75, 3.05) is 44.2 Å². The molecule has 2 N–H and O–H groups in total. The highest BCUT2D eigenvalue weighted by Crippen LogP contribution is 2.38. The van der Waals surface area contributed by atoms with E-state index < -0.39 is 5.41 Å². The van der Waals surface area contributed by atoms with Crippen molar-refractivity contribution in [1.82, 2.24) is 15.5 Å². The van der Waals surface area contributed by atoms with E-state index in [1.807, 2.05) is 42.2 Å². The van der Waals surface area contributed by atoms with Crippen LogP contribution in [0.1, 0.15) is 79.0 Å². The molecule has 0 aliphatic carbocycles. The molecule has 9 heteroatoms. The van der Waals surface area contributed by atoms with Gasteiger partial charge in [0.1, 0.15) is 12.4 Å². The van der Waals surface area contributed by atoms with E-state index in [9.17, 15) is 14.4 Å². The number of anilines is 1. The van der Waals surface area contributed by atoms with Gasteiger partial charge in [-0.1, -0.05) is 30.2 Å². The number of halogens is 1. The lowest BCUT2D eigenvalue weighted by Crippen LogP contribution is -2.52. The number of likely N-dealkylation sites (tertiary alicyclic amines) is 1. The van der Waals surface area contributed by atoms with Crippen molar-refractivity contribution < 1.29 is 19.1 Å². The monoisotopic (exact) mass is 580 g/mol. The van der Waals surface area contributed by atoms with Crippen molar-refractivity contribution in [2.24, 2.45) is 5.41 Å². The number of carbonyl (C=O) groups is 3. The fourth-order valence-corrected chi connectivity index (χ4v) is 6.47. The molecule has 2 aromatic rings. The molecule has 5 rings (SSSR count). The van der Waals surface area contributed by atoms with Crippen LogP contribution in [0.4, 0.5) is 5.69 Å². The first-order chi connectivity index (χ1) is 19.9. The van der Waals surface area contributed by atoms with Gasteiger partial charge in [-0.3, -0.25) is 14.4 Å². The van der Waals surface area contributed by atoms with Crippen molar-refractivity contribution in [3.8, 4) is 5.75 Å². The smallest absolute Gasteiger partial charge is 0.255 e. The minimum atomic E-state index is -0.559. The normalized spacial score (nSPS) is 22.1.